The molecular weight excluding hydrogens is 789 g/mol. The topological polar surface area (TPSA) is 323 Å². The first-order chi connectivity index (χ1) is 26.9. The van der Waals surface area contributed by atoms with Gasteiger partial charge in [0.25, 0.3) is 25.9 Å². The van der Waals surface area contributed by atoms with Gasteiger partial charge >= 0.3 is 5.97 Å². The number of hydrogen-bond donors (Lipinski definition) is 6. The standard InChI is InChI=1S/C35H24N8O12S2/c36-31-30-20(15-28(56(50,51)52)32(31)41-38-23-9-12-25(13-10-23)43(48)49)16-29(57(53,54)55)33(34(30)45)42-39-22-7-3-19(4-8-22)18-1-5-21(6-2-18)37-40-24-11-14-27(44)26(17-24)35(46)47/h1-17,37,39H,36H2,(H,46,47)(H,50,51,52)(H,53,54,55)/b40-24+,41-38?,42-33+. The third-order valence-corrected chi connectivity index (χ3v) is 9.82. The summed E-state index contributed by atoms with van der Waals surface area (Å²) in [5.41, 5.74) is 10.2. The monoisotopic (exact) mass is 812 g/mol. The van der Waals surface area contributed by atoms with E-state index in [2.05, 4.69) is 31.3 Å². The predicted molar refractivity (Wildman–Crippen MR) is 206 cm³/mol. The molecule has 0 atom stereocenters. The molecule has 288 valence electrons. The molecule has 2 aliphatic rings. The molecule has 20 nitrogen and oxygen atoms in total. The van der Waals surface area contributed by atoms with E-state index < -0.39 is 86.3 Å². The lowest BCUT2D eigenvalue weighted by Gasteiger charge is -2.20. The molecule has 0 unspecified atom stereocenters. The molecule has 7 N–H and O–H groups in total. The second-order valence-corrected chi connectivity index (χ2v) is 14.6. The normalized spacial score (nSPS) is 15.7. The van der Waals surface area contributed by atoms with Crippen LogP contribution in [0.15, 0.2) is 133 Å². The number of nitro benzene ring substituents is 1. The fourth-order valence-electron chi connectivity index (χ4n) is 5.33. The molecule has 0 bridgehead atoms. The van der Waals surface area contributed by atoms with Gasteiger partial charge < -0.3 is 10.8 Å². The first-order valence-corrected chi connectivity index (χ1v) is 18.7. The highest BCUT2D eigenvalue weighted by Gasteiger charge is 2.37. The zero-order valence-electron chi connectivity index (χ0n) is 28.5. The van der Waals surface area contributed by atoms with Crippen LogP contribution in [-0.2, 0) is 29.8 Å². The van der Waals surface area contributed by atoms with Crippen molar-refractivity contribution in [1.29, 1.82) is 0 Å². The summed E-state index contributed by atoms with van der Waals surface area (Å²) in [6, 6.07) is 18.6. The van der Waals surface area contributed by atoms with Crippen LogP contribution in [0.25, 0.3) is 17.2 Å². The summed E-state index contributed by atoms with van der Waals surface area (Å²) in [7, 11) is -10.3. The lowest BCUT2D eigenvalue weighted by Crippen LogP contribution is -2.28. The van der Waals surface area contributed by atoms with Crippen LogP contribution in [0.3, 0.4) is 0 Å². The summed E-state index contributed by atoms with van der Waals surface area (Å²) in [6.07, 6.45) is 4.35. The smallest absolute Gasteiger partial charge is 0.339 e. The number of Topliss-reactive ketones (excluding diaryl/α,β-unsaturated/α-hetero) is 1. The summed E-state index contributed by atoms with van der Waals surface area (Å²) in [5, 5.41) is 35.7. The summed E-state index contributed by atoms with van der Waals surface area (Å²) < 4.78 is 69.5. The van der Waals surface area contributed by atoms with E-state index in [1.165, 1.54) is 18.2 Å². The molecule has 57 heavy (non-hydrogen) atoms. The van der Waals surface area contributed by atoms with Gasteiger partial charge in [-0.1, -0.05) is 24.3 Å². The van der Waals surface area contributed by atoms with Crippen molar-refractivity contribution in [3.05, 3.63) is 129 Å². The average molecular weight is 813 g/mol. The maximum atomic E-state index is 13.8. The number of fused-ring (bicyclic) bond motifs is 1. The lowest BCUT2D eigenvalue weighted by atomic mass is 9.92. The number of rotatable bonds is 11. The number of carboxylic acids is 1. The minimum absolute atomic E-state index is 0.000514. The van der Waals surface area contributed by atoms with Gasteiger partial charge in [0.1, 0.15) is 21.1 Å². The minimum Gasteiger partial charge on any atom is -0.478 e. The van der Waals surface area contributed by atoms with E-state index in [1.807, 2.05) is 0 Å². The molecule has 0 saturated carbocycles. The molecule has 0 heterocycles. The number of nitrogens with zero attached hydrogens (tertiary/aromatic N) is 5. The molecule has 4 aromatic carbocycles. The van der Waals surface area contributed by atoms with Crippen LogP contribution in [0.4, 0.5) is 34.1 Å². The van der Waals surface area contributed by atoms with Crippen molar-refractivity contribution < 1.29 is 50.4 Å². The van der Waals surface area contributed by atoms with Crippen LogP contribution >= 0.6 is 0 Å². The number of aliphatic carboxylic acids is 1. The Hall–Kier alpha value is -7.53. The Balaban J connectivity index is 1.25. The van der Waals surface area contributed by atoms with Crippen molar-refractivity contribution >= 4 is 89.4 Å². The molecular formula is C35H24N8O12S2. The van der Waals surface area contributed by atoms with Gasteiger partial charge in [-0.15, -0.1) is 5.11 Å². The Bertz CT molecular complexity index is 2810. The van der Waals surface area contributed by atoms with E-state index in [-0.39, 0.29) is 22.8 Å². The molecule has 0 aliphatic heterocycles. The van der Waals surface area contributed by atoms with Crippen LogP contribution in [0.2, 0.25) is 0 Å². The highest BCUT2D eigenvalue weighted by atomic mass is 32.2. The number of non-ortho nitro benzene ring substituents is 1. The second kappa shape index (κ2) is 15.3. The summed E-state index contributed by atoms with van der Waals surface area (Å²) in [6.45, 7) is 0. The van der Waals surface area contributed by atoms with Crippen molar-refractivity contribution in [1.82, 2.24) is 0 Å². The van der Waals surface area contributed by atoms with Gasteiger partial charge in [-0.25, -0.2) is 4.79 Å². The fraction of sp³-hybridized carbons (Fsp3) is 0. The number of nitrogens with two attached hydrogens (primary N) is 1. The number of azo groups is 1. The number of carboxylic acid groups (broad SMARTS) is 1. The fourth-order valence-corrected chi connectivity index (χ4v) is 6.65. The quantitative estimate of drug-likeness (QED) is 0.0212. The Morgan fingerprint density at radius 1 is 0.772 bits per heavy atom. The number of hydrazone groups is 2. The molecule has 0 spiro atoms. The number of benzene rings is 4. The average Bonchev–Trinajstić information content (AvgIpc) is 3.16. The van der Waals surface area contributed by atoms with Gasteiger partial charge in [-0.3, -0.25) is 39.7 Å². The van der Waals surface area contributed by atoms with Crippen LogP contribution in [0.5, 0.6) is 0 Å². The van der Waals surface area contributed by atoms with Crippen molar-refractivity contribution in [2.75, 3.05) is 16.6 Å². The van der Waals surface area contributed by atoms with E-state index >= 15 is 0 Å². The molecule has 4 aromatic rings. The van der Waals surface area contributed by atoms with Crippen molar-refractivity contribution in [3.8, 4) is 11.1 Å². The Morgan fingerprint density at radius 2 is 1.35 bits per heavy atom. The van der Waals surface area contributed by atoms with Gasteiger partial charge in [0.15, 0.2) is 11.5 Å². The number of nitrogens with one attached hydrogen (secondary N) is 2. The predicted octanol–water partition coefficient (Wildman–Crippen LogP) is 5.32. The highest BCUT2D eigenvalue weighted by molar-refractivity contribution is 7.91. The van der Waals surface area contributed by atoms with E-state index in [0.717, 1.165) is 35.9 Å². The summed E-state index contributed by atoms with van der Waals surface area (Å²) in [5.74, 6) is -3.19. The maximum Gasteiger partial charge on any atom is 0.339 e. The van der Waals surface area contributed by atoms with Crippen LogP contribution in [-0.4, -0.2) is 64.9 Å². The second-order valence-electron chi connectivity index (χ2n) is 11.8. The molecule has 22 heteroatoms. The number of allylic oxidation sites excluding steroid dienone is 4. The number of nitro groups is 1. The van der Waals surface area contributed by atoms with Crippen LogP contribution in [0.1, 0.15) is 15.9 Å². The lowest BCUT2D eigenvalue weighted by molar-refractivity contribution is -0.384. The van der Waals surface area contributed by atoms with Gasteiger partial charge in [-0.2, -0.15) is 32.2 Å². The van der Waals surface area contributed by atoms with Gasteiger partial charge in [0.05, 0.1) is 38.9 Å². The minimum atomic E-state index is -5.18. The van der Waals surface area contributed by atoms with Crippen LogP contribution in [0, 0.1) is 10.1 Å². The third-order valence-electron chi connectivity index (χ3n) is 8.08. The molecule has 2 aliphatic carbocycles. The van der Waals surface area contributed by atoms with Crippen LogP contribution < -0.4 is 16.6 Å². The Labute approximate surface area is 320 Å². The SMILES string of the molecule is Nc1c(N=Nc2ccc([N+](=O)[O-])cc2)c(S(=O)(=O)O)cc2c1C(=O)/C(=N/Nc1ccc(-c3ccc(N/N=C4\C=CC(=O)C(C(=O)O)=C4)cc3)cc1)C(S(=O)(=O)O)=C2. The van der Waals surface area contributed by atoms with Crippen molar-refractivity contribution in [3.63, 3.8) is 0 Å². The molecule has 0 amide bonds. The van der Waals surface area contributed by atoms with Gasteiger partial charge in [0, 0.05) is 12.1 Å². The zero-order valence-corrected chi connectivity index (χ0v) is 30.1. The highest BCUT2D eigenvalue weighted by Crippen LogP contribution is 2.41. The largest absolute Gasteiger partial charge is 0.478 e. The van der Waals surface area contributed by atoms with E-state index in [0.29, 0.717) is 17.3 Å². The maximum absolute atomic E-state index is 13.8. The van der Waals surface area contributed by atoms with Crippen molar-refractivity contribution in [2.45, 2.75) is 4.90 Å². The van der Waals surface area contributed by atoms with Gasteiger partial charge in [0.2, 0.25) is 5.78 Å². The number of carbonyl (C=O) groups excluding carboxylic acids is 2. The van der Waals surface area contributed by atoms with E-state index in [1.54, 1.807) is 48.5 Å². The number of ketones is 2. The van der Waals surface area contributed by atoms with E-state index in [9.17, 15) is 50.4 Å². The van der Waals surface area contributed by atoms with Crippen molar-refractivity contribution in [2.24, 2.45) is 20.4 Å². The zero-order chi connectivity index (χ0) is 41.2. The van der Waals surface area contributed by atoms with Gasteiger partial charge in [-0.05, 0) is 83.5 Å². The Morgan fingerprint density at radius 3 is 1.88 bits per heavy atom. The first-order valence-electron chi connectivity index (χ1n) is 15.8. The number of hydrogen-bond acceptors (Lipinski definition) is 16. The number of anilines is 3. The third kappa shape index (κ3) is 8.58. The molecule has 0 aromatic heterocycles. The number of carbonyl (C=O) groups is 3. The van der Waals surface area contributed by atoms with E-state index in [4.69, 9.17) is 10.8 Å². The summed E-state index contributed by atoms with van der Waals surface area (Å²) in [4.78, 5) is 45.0. The molecule has 0 fully saturated rings. The number of nitrogen functional groups attached to an aromatic ring is 1. The summed E-state index contributed by atoms with van der Waals surface area (Å²) >= 11 is 0. The molecule has 0 radical (unpaired) electrons. The first kappa shape index (κ1) is 39.2. The Kier molecular flexibility index (Phi) is 10.5. The molecule has 6 rings (SSSR count). The molecule has 0 saturated heterocycles.